The second kappa shape index (κ2) is 6.87. The molecule has 1 aromatic carbocycles. The minimum atomic E-state index is -0.217. The maximum Gasteiger partial charge on any atom is 0.134 e. The van der Waals surface area contributed by atoms with Crippen LogP contribution < -0.4 is 5.32 Å². The van der Waals surface area contributed by atoms with Crippen molar-refractivity contribution in [2.75, 3.05) is 7.11 Å². The van der Waals surface area contributed by atoms with Crippen LogP contribution in [0.15, 0.2) is 34.7 Å². The molecule has 0 aliphatic carbocycles. The highest BCUT2D eigenvalue weighted by Crippen LogP contribution is 2.26. The molecule has 1 heterocycles. The van der Waals surface area contributed by atoms with Crippen molar-refractivity contribution in [1.29, 1.82) is 0 Å². The van der Waals surface area contributed by atoms with Gasteiger partial charge in [-0.05, 0) is 44.5 Å². The van der Waals surface area contributed by atoms with Crippen LogP contribution >= 0.6 is 0 Å². The molecule has 2 rings (SSSR count). The zero-order valence-electron chi connectivity index (χ0n) is 12.9. The molecule has 0 bridgehead atoms. The molecule has 0 aliphatic heterocycles. The maximum atomic E-state index is 13.6. The molecule has 3 nitrogen and oxygen atoms in total. The van der Waals surface area contributed by atoms with Crippen molar-refractivity contribution in [1.82, 2.24) is 5.32 Å². The lowest BCUT2D eigenvalue weighted by atomic mass is 10.1. The number of hydrogen-bond acceptors (Lipinski definition) is 3. The van der Waals surface area contributed by atoms with Gasteiger partial charge in [-0.15, -0.1) is 0 Å². The summed E-state index contributed by atoms with van der Waals surface area (Å²) < 4.78 is 24.7. The van der Waals surface area contributed by atoms with Gasteiger partial charge < -0.3 is 14.5 Å². The van der Waals surface area contributed by atoms with Gasteiger partial charge in [0.2, 0.25) is 0 Å². The lowest BCUT2D eigenvalue weighted by molar-refractivity contribution is 0.0876. The van der Waals surface area contributed by atoms with Gasteiger partial charge in [-0.3, -0.25) is 0 Å². The molecule has 0 amide bonds. The van der Waals surface area contributed by atoms with E-state index in [9.17, 15) is 4.39 Å². The van der Waals surface area contributed by atoms with Crippen molar-refractivity contribution in [3.63, 3.8) is 0 Å². The van der Waals surface area contributed by atoms with Crippen LogP contribution in [-0.2, 0) is 11.3 Å². The van der Waals surface area contributed by atoms with Crippen molar-refractivity contribution >= 4 is 0 Å². The number of furan rings is 1. The molecule has 114 valence electrons. The van der Waals surface area contributed by atoms with E-state index in [1.54, 1.807) is 20.1 Å². The van der Waals surface area contributed by atoms with Crippen LogP contribution in [0.25, 0.3) is 11.3 Å². The van der Waals surface area contributed by atoms with E-state index in [0.717, 1.165) is 11.3 Å². The summed E-state index contributed by atoms with van der Waals surface area (Å²) >= 11 is 0. The smallest absolute Gasteiger partial charge is 0.134 e. The van der Waals surface area contributed by atoms with E-state index in [-0.39, 0.29) is 18.0 Å². The molecule has 0 radical (unpaired) electrons. The number of nitrogens with one attached hydrogen (secondary N) is 1. The summed E-state index contributed by atoms with van der Waals surface area (Å²) in [6, 6.07) is 9.03. The molecule has 0 spiro atoms. The molecule has 2 aromatic rings. The zero-order valence-corrected chi connectivity index (χ0v) is 12.9. The monoisotopic (exact) mass is 291 g/mol. The topological polar surface area (TPSA) is 34.4 Å². The molecule has 1 aromatic heterocycles. The average Bonchev–Trinajstić information content (AvgIpc) is 2.95. The van der Waals surface area contributed by atoms with E-state index in [0.29, 0.717) is 17.9 Å². The Labute approximate surface area is 125 Å². The predicted molar refractivity (Wildman–Crippen MR) is 81.6 cm³/mol. The molecule has 0 aliphatic rings. The normalized spacial score (nSPS) is 14.1. The Bertz CT molecular complexity index is 594. The van der Waals surface area contributed by atoms with Crippen LogP contribution in [0.5, 0.6) is 0 Å². The quantitative estimate of drug-likeness (QED) is 0.876. The molecule has 2 atom stereocenters. The fraction of sp³-hybridized carbons (Fsp3) is 0.412. The van der Waals surface area contributed by atoms with Crippen LogP contribution in [0.2, 0.25) is 0 Å². The van der Waals surface area contributed by atoms with Crippen molar-refractivity contribution < 1.29 is 13.5 Å². The number of ether oxygens (including phenoxy) is 1. The number of hydrogen-bond donors (Lipinski definition) is 1. The largest absolute Gasteiger partial charge is 0.460 e. The highest BCUT2D eigenvalue weighted by molar-refractivity contribution is 5.62. The fourth-order valence-corrected chi connectivity index (χ4v) is 2.12. The summed E-state index contributed by atoms with van der Waals surface area (Å²) in [5, 5.41) is 3.35. The third kappa shape index (κ3) is 3.71. The maximum absolute atomic E-state index is 13.6. The standard InChI is InChI=1S/C17H22FNO2/c1-11-15(6-5-7-16(11)18)17-9-8-14(21-17)10-19-12(2)13(3)20-4/h5-9,12-13,19H,10H2,1-4H3/t12-,13-/m0/s1. The highest BCUT2D eigenvalue weighted by Gasteiger charge is 2.13. The lowest BCUT2D eigenvalue weighted by Crippen LogP contribution is -2.36. The van der Waals surface area contributed by atoms with Gasteiger partial charge >= 0.3 is 0 Å². The van der Waals surface area contributed by atoms with Gasteiger partial charge in [-0.2, -0.15) is 0 Å². The Morgan fingerprint density at radius 3 is 2.71 bits per heavy atom. The van der Waals surface area contributed by atoms with Gasteiger partial charge in [-0.25, -0.2) is 4.39 Å². The minimum absolute atomic E-state index is 0.130. The van der Waals surface area contributed by atoms with Gasteiger partial charge in [0.1, 0.15) is 17.3 Å². The first kappa shape index (κ1) is 15.7. The molecule has 0 fully saturated rings. The molecule has 0 saturated carbocycles. The molecule has 0 unspecified atom stereocenters. The van der Waals surface area contributed by atoms with Crippen LogP contribution in [-0.4, -0.2) is 19.3 Å². The molecule has 21 heavy (non-hydrogen) atoms. The summed E-state index contributed by atoms with van der Waals surface area (Å²) in [6.07, 6.45) is 0.130. The van der Waals surface area contributed by atoms with E-state index >= 15 is 0 Å². The first-order chi connectivity index (χ1) is 10.0. The summed E-state index contributed by atoms with van der Waals surface area (Å²) in [6.45, 7) is 6.45. The second-order valence-corrected chi connectivity index (χ2v) is 5.29. The Morgan fingerprint density at radius 1 is 1.24 bits per heavy atom. The summed E-state index contributed by atoms with van der Waals surface area (Å²) in [5.41, 5.74) is 1.40. The van der Waals surface area contributed by atoms with E-state index in [1.165, 1.54) is 6.07 Å². The van der Waals surface area contributed by atoms with Crippen molar-refractivity contribution in [2.45, 2.75) is 39.5 Å². The summed E-state index contributed by atoms with van der Waals surface area (Å²) in [4.78, 5) is 0. The van der Waals surface area contributed by atoms with E-state index < -0.39 is 0 Å². The highest BCUT2D eigenvalue weighted by atomic mass is 19.1. The predicted octanol–water partition coefficient (Wildman–Crippen LogP) is 3.91. The number of rotatable bonds is 6. The van der Waals surface area contributed by atoms with E-state index in [1.807, 2.05) is 25.1 Å². The average molecular weight is 291 g/mol. The van der Waals surface area contributed by atoms with Gasteiger partial charge in [0.15, 0.2) is 0 Å². The van der Waals surface area contributed by atoms with Crippen LogP contribution in [0.4, 0.5) is 4.39 Å². The van der Waals surface area contributed by atoms with Gasteiger partial charge in [0.05, 0.1) is 12.6 Å². The third-order valence-corrected chi connectivity index (χ3v) is 3.87. The first-order valence-corrected chi connectivity index (χ1v) is 7.13. The van der Waals surface area contributed by atoms with Gasteiger partial charge in [0, 0.05) is 18.7 Å². The van der Waals surface area contributed by atoms with Crippen LogP contribution in [0, 0.1) is 12.7 Å². The number of benzene rings is 1. The lowest BCUT2D eigenvalue weighted by Gasteiger charge is -2.19. The first-order valence-electron chi connectivity index (χ1n) is 7.13. The molecule has 1 N–H and O–H groups in total. The summed E-state index contributed by atoms with van der Waals surface area (Å²) in [5.74, 6) is 1.30. The summed E-state index contributed by atoms with van der Waals surface area (Å²) in [7, 11) is 1.70. The van der Waals surface area contributed by atoms with E-state index in [4.69, 9.17) is 9.15 Å². The third-order valence-electron chi connectivity index (χ3n) is 3.87. The minimum Gasteiger partial charge on any atom is -0.460 e. The number of methoxy groups -OCH3 is 1. The second-order valence-electron chi connectivity index (χ2n) is 5.29. The Morgan fingerprint density at radius 2 is 2.00 bits per heavy atom. The van der Waals surface area contributed by atoms with Crippen molar-refractivity contribution in [2.24, 2.45) is 0 Å². The molecule has 0 saturated heterocycles. The SMILES string of the molecule is CO[C@@H](C)[C@H](C)NCc1ccc(-c2cccc(F)c2C)o1. The Balaban J connectivity index is 2.06. The molecule has 4 heteroatoms. The van der Waals surface area contributed by atoms with Gasteiger partial charge in [0.25, 0.3) is 0 Å². The molecular formula is C17H22FNO2. The fourth-order valence-electron chi connectivity index (χ4n) is 2.12. The van der Waals surface area contributed by atoms with Crippen LogP contribution in [0.3, 0.4) is 0 Å². The number of halogens is 1. The van der Waals surface area contributed by atoms with Crippen molar-refractivity contribution in [3.05, 3.63) is 47.5 Å². The van der Waals surface area contributed by atoms with Gasteiger partial charge in [-0.1, -0.05) is 12.1 Å². The molecular weight excluding hydrogens is 269 g/mol. The zero-order chi connectivity index (χ0) is 15.4. The Kier molecular flexibility index (Phi) is 5.15. The Hall–Kier alpha value is -1.65. The van der Waals surface area contributed by atoms with Crippen LogP contribution in [0.1, 0.15) is 25.2 Å². The van der Waals surface area contributed by atoms with Crippen molar-refractivity contribution in [3.8, 4) is 11.3 Å². The van der Waals surface area contributed by atoms with E-state index in [2.05, 4.69) is 12.2 Å².